The van der Waals surface area contributed by atoms with Crippen LogP contribution in [0.15, 0.2) is 10.5 Å². The third-order valence-electron chi connectivity index (χ3n) is 3.09. The van der Waals surface area contributed by atoms with Crippen LogP contribution < -0.4 is 11.1 Å². The van der Waals surface area contributed by atoms with Gasteiger partial charge in [-0.25, -0.2) is 0 Å². The van der Waals surface area contributed by atoms with E-state index in [9.17, 15) is 4.79 Å². The van der Waals surface area contributed by atoms with E-state index in [0.717, 1.165) is 37.0 Å². The molecule has 110 valence electrons. The van der Waals surface area contributed by atoms with Gasteiger partial charge in [-0.05, 0) is 25.0 Å². The topological polar surface area (TPSA) is 68.3 Å². The number of rotatable bonds is 7. The first kappa shape index (κ1) is 18.0. The maximum absolute atomic E-state index is 12.0. The Kier molecular flexibility index (Phi) is 8.52. The van der Waals surface area contributed by atoms with Gasteiger partial charge < -0.3 is 15.5 Å². The van der Waals surface area contributed by atoms with Crippen LogP contribution >= 0.6 is 12.4 Å². The van der Waals surface area contributed by atoms with Crippen LogP contribution in [0.1, 0.15) is 55.0 Å². The van der Waals surface area contributed by atoms with E-state index >= 15 is 0 Å². The average molecular weight is 289 g/mol. The summed E-state index contributed by atoms with van der Waals surface area (Å²) in [6.07, 6.45) is 3.89. The molecule has 1 heterocycles. The summed E-state index contributed by atoms with van der Waals surface area (Å²) in [4.78, 5) is 12.0. The highest BCUT2D eigenvalue weighted by atomic mass is 35.5. The van der Waals surface area contributed by atoms with Crippen molar-refractivity contribution in [2.45, 2.75) is 52.5 Å². The lowest BCUT2D eigenvalue weighted by Crippen LogP contribution is -2.40. The smallest absolute Gasteiger partial charge is 0.287 e. The summed E-state index contributed by atoms with van der Waals surface area (Å²) in [5, 5.41) is 2.92. The quantitative estimate of drug-likeness (QED) is 0.811. The molecule has 1 aromatic heterocycles. The lowest BCUT2D eigenvalue weighted by molar-refractivity contribution is 0.0906. The van der Waals surface area contributed by atoms with Crippen molar-refractivity contribution in [3.8, 4) is 0 Å². The summed E-state index contributed by atoms with van der Waals surface area (Å²) in [6.45, 7) is 6.55. The number of furan rings is 1. The molecule has 0 spiro atoms. The summed E-state index contributed by atoms with van der Waals surface area (Å²) in [6, 6.07) is 1.83. The molecule has 0 radical (unpaired) electrons. The second kappa shape index (κ2) is 8.99. The number of hydrogen-bond acceptors (Lipinski definition) is 3. The second-order valence-corrected chi connectivity index (χ2v) is 4.62. The molecule has 19 heavy (non-hydrogen) atoms. The van der Waals surface area contributed by atoms with Crippen molar-refractivity contribution in [2.24, 2.45) is 5.73 Å². The highest BCUT2D eigenvalue weighted by Gasteiger charge is 2.16. The van der Waals surface area contributed by atoms with Gasteiger partial charge in [-0.1, -0.05) is 26.7 Å². The molecular formula is C14H25ClN2O2. The summed E-state index contributed by atoms with van der Waals surface area (Å²) in [5.41, 5.74) is 6.68. The number of halogens is 1. The fourth-order valence-corrected chi connectivity index (χ4v) is 1.94. The van der Waals surface area contributed by atoms with E-state index in [1.54, 1.807) is 6.07 Å². The molecule has 0 fully saturated rings. The number of unbranched alkanes of at least 4 members (excludes halogenated alkanes) is 1. The zero-order chi connectivity index (χ0) is 13.5. The molecule has 1 aromatic rings. The molecule has 0 saturated carbocycles. The molecule has 0 aromatic carbocycles. The molecule has 1 rings (SSSR count). The predicted molar refractivity (Wildman–Crippen MR) is 79.9 cm³/mol. The van der Waals surface area contributed by atoms with Crippen molar-refractivity contribution in [3.63, 3.8) is 0 Å². The van der Waals surface area contributed by atoms with E-state index in [2.05, 4.69) is 12.2 Å². The van der Waals surface area contributed by atoms with E-state index < -0.39 is 0 Å². The van der Waals surface area contributed by atoms with Gasteiger partial charge in [0, 0.05) is 19.0 Å². The molecule has 1 unspecified atom stereocenters. The first-order chi connectivity index (χ1) is 8.62. The number of carbonyl (C=O) groups excluding carboxylic acids is 1. The minimum absolute atomic E-state index is 0. The molecular weight excluding hydrogens is 264 g/mol. The van der Waals surface area contributed by atoms with E-state index in [1.807, 2.05) is 13.8 Å². The Morgan fingerprint density at radius 1 is 1.47 bits per heavy atom. The Balaban J connectivity index is 0.00000324. The molecule has 1 atom stereocenters. The van der Waals surface area contributed by atoms with Crippen LogP contribution in [0.3, 0.4) is 0 Å². The van der Waals surface area contributed by atoms with Crippen LogP contribution in [0.25, 0.3) is 0 Å². The van der Waals surface area contributed by atoms with Gasteiger partial charge in [0.15, 0.2) is 5.76 Å². The normalized spacial score (nSPS) is 11.8. The van der Waals surface area contributed by atoms with Gasteiger partial charge in [-0.3, -0.25) is 4.79 Å². The SMILES string of the molecule is CCCCC(CN)NC(=O)c1cc(C)c(CC)o1.Cl. The Morgan fingerprint density at radius 3 is 2.63 bits per heavy atom. The number of hydrogen-bond donors (Lipinski definition) is 2. The number of aryl methyl sites for hydroxylation is 2. The minimum atomic E-state index is -0.163. The zero-order valence-corrected chi connectivity index (χ0v) is 12.8. The first-order valence-electron chi connectivity index (χ1n) is 6.72. The van der Waals surface area contributed by atoms with Gasteiger partial charge >= 0.3 is 0 Å². The molecule has 3 N–H and O–H groups in total. The fourth-order valence-electron chi connectivity index (χ4n) is 1.94. The van der Waals surface area contributed by atoms with Gasteiger partial charge in [-0.15, -0.1) is 12.4 Å². The molecule has 0 bridgehead atoms. The Hall–Kier alpha value is -1.00. The predicted octanol–water partition coefficient (Wildman–Crippen LogP) is 2.82. The van der Waals surface area contributed by atoms with Crippen LogP contribution in [-0.2, 0) is 6.42 Å². The molecule has 0 saturated heterocycles. The average Bonchev–Trinajstić information content (AvgIpc) is 2.75. The number of carbonyl (C=O) groups is 1. The molecule has 0 aliphatic rings. The second-order valence-electron chi connectivity index (χ2n) is 4.62. The summed E-state index contributed by atoms with van der Waals surface area (Å²) in [7, 11) is 0. The maximum Gasteiger partial charge on any atom is 0.287 e. The summed E-state index contributed by atoms with van der Waals surface area (Å²) >= 11 is 0. The van der Waals surface area contributed by atoms with Crippen molar-refractivity contribution in [1.29, 1.82) is 0 Å². The largest absolute Gasteiger partial charge is 0.456 e. The first-order valence-corrected chi connectivity index (χ1v) is 6.72. The molecule has 5 heteroatoms. The molecule has 0 aliphatic carbocycles. The van der Waals surface area contributed by atoms with Gasteiger partial charge in [-0.2, -0.15) is 0 Å². The number of amides is 1. The highest BCUT2D eigenvalue weighted by Crippen LogP contribution is 2.15. The summed E-state index contributed by atoms with van der Waals surface area (Å²) in [5.74, 6) is 1.10. The maximum atomic E-state index is 12.0. The van der Waals surface area contributed by atoms with Gasteiger partial charge in [0.1, 0.15) is 5.76 Å². The van der Waals surface area contributed by atoms with Crippen molar-refractivity contribution >= 4 is 18.3 Å². The van der Waals surface area contributed by atoms with E-state index in [4.69, 9.17) is 10.2 Å². The van der Waals surface area contributed by atoms with Gasteiger partial charge in [0.2, 0.25) is 0 Å². The Bertz CT molecular complexity index is 391. The van der Waals surface area contributed by atoms with Crippen LogP contribution in [-0.4, -0.2) is 18.5 Å². The van der Waals surface area contributed by atoms with E-state index in [-0.39, 0.29) is 24.4 Å². The van der Waals surface area contributed by atoms with Gasteiger partial charge in [0.05, 0.1) is 0 Å². The van der Waals surface area contributed by atoms with Crippen LogP contribution in [0.4, 0.5) is 0 Å². The van der Waals surface area contributed by atoms with Crippen LogP contribution in [0, 0.1) is 6.92 Å². The van der Waals surface area contributed by atoms with E-state index in [1.165, 1.54) is 0 Å². The minimum Gasteiger partial charge on any atom is -0.456 e. The fraction of sp³-hybridized carbons (Fsp3) is 0.643. The Labute approximate surface area is 121 Å². The molecule has 4 nitrogen and oxygen atoms in total. The lowest BCUT2D eigenvalue weighted by atomic mass is 10.1. The summed E-state index contributed by atoms with van der Waals surface area (Å²) < 4.78 is 5.52. The third-order valence-corrected chi connectivity index (χ3v) is 3.09. The van der Waals surface area contributed by atoms with Gasteiger partial charge in [0.25, 0.3) is 5.91 Å². The molecule has 1 amide bonds. The van der Waals surface area contributed by atoms with Crippen molar-refractivity contribution in [1.82, 2.24) is 5.32 Å². The lowest BCUT2D eigenvalue weighted by Gasteiger charge is -2.15. The molecule has 0 aliphatic heterocycles. The standard InChI is InChI=1S/C14H24N2O2.ClH/c1-4-6-7-11(9-15)16-14(17)13-8-10(3)12(5-2)18-13;/h8,11H,4-7,9,15H2,1-3H3,(H,16,17);1H. The van der Waals surface area contributed by atoms with Crippen LogP contribution in [0.2, 0.25) is 0 Å². The van der Waals surface area contributed by atoms with E-state index in [0.29, 0.717) is 12.3 Å². The van der Waals surface area contributed by atoms with Crippen LogP contribution in [0.5, 0.6) is 0 Å². The zero-order valence-electron chi connectivity index (χ0n) is 12.0. The van der Waals surface area contributed by atoms with Crippen molar-refractivity contribution in [2.75, 3.05) is 6.54 Å². The Morgan fingerprint density at radius 2 is 2.16 bits per heavy atom. The van der Waals surface area contributed by atoms with Crippen molar-refractivity contribution in [3.05, 3.63) is 23.2 Å². The van der Waals surface area contributed by atoms with Crippen molar-refractivity contribution < 1.29 is 9.21 Å². The highest BCUT2D eigenvalue weighted by molar-refractivity contribution is 5.92. The monoisotopic (exact) mass is 288 g/mol. The number of nitrogens with one attached hydrogen (secondary N) is 1. The number of nitrogens with two attached hydrogens (primary N) is 1. The third kappa shape index (κ3) is 5.25.